The van der Waals surface area contributed by atoms with Gasteiger partial charge in [0.1, 0.15) is 10.7 Å². The van der Waals surface area contributed by atoms with Crippen molar-refractivity contribution in [2.75, 3.05) is 11.9 Å². The summed E-state index contributed by atoms with van der Waals surface area (Å²) in [5.74, 6) is 1.94. The van der Waals surface area contributed by atoms with Gasteiger partial charge < -0.3 is 5.32 Å². The molecule has 0 aliphatic heterocycles. The molecule has 1 aromatic carbocycles. The predicted octanol–water partition coefficient (Wildman–Crippen LogP) is 4.10. The minimum absolute atomic E-state index is 0.914. The van der Waals surface area contributed by atoms with Crippen LogP contribution in [0.2, 0.25) is 0 Å². The highest BCUT2D eigenvalue weighted by Gasteiger charge is 2.07. The van der Waals surface area contributed by atoms with E-state index in [1.165, 1.54) is 22.7 Å². The monoisotopic (exact) mass is 293 g/mol. The average Bonchev–Trinajstić information content (AvgIpc) is 2.86. The molecule has 0 spiro atoms. The Labute approximate surface area is 123 Å². The summed E-state index contributed by atoms with van der Waals surface area (Å²) in [5.41, 5.74) is 3.84. The number of anilines is 1. The number of thioether (sulfide) groups is 1. The van der Waals surface area contributed by atoms with Gasteiger partial charge in [-0.1, -0.05) is 35.7 Å². The Morgan fingerprint density at radius 2 is 2.11 bits per heavy atom. The lowest BCUT2D eigenvalue weighted by Gasteiger charge is -2.05. The van der Waals surface area contributed by atoms with E-state index in [0.717, 1.165) is 35.2 Å². The molecule has 0 aliphatic carbocycles. The van der Waals surface area contributed by atoms with Crippen LogP contribution in [0.25, 0.3) is 0 Å². The molecule has 0 amide bonds. The molecule has 0 fully saturated rings. The van der Waals surface area contributed by atoms with Crippen molar-refractivity contribution in [2.24, 2.45) is 0 Å². The Kier molecular flexibility index (Phi) is 5.66. The maximum Gasteiger partial charge on any atom is 0.134 e. The van der Waals surface area contributed by atoms with Crippen LogP contribution in [0.4, 0.5) is 5.00 Å². The second-order valence-corrected chi connectivity index (χ2v) is 6.13. The van der Waals surface area contributed by atoms with Gasteiger partial charge in [0, 0.05) is 29.6 Å². The maximum atomic E-state index is 4.21. The summed E-state index contributed by atoms with van der Waals surface area (Å²) < 4.78 is 4.03. The first kappa shape index (κ1) is 14.3. The number of aryl methyl sites for hydroxylation is 1. The van der Waals surface area contributed by atoms with E-state index >= 15 is 0 Å². The first-order valence-corrected chi connectivity index (χ1v) is 8.41. The van der Waals surface area contributed by atoms with Crippen molar-refractivity contribution in [1.29, 1.82) is 0 Å². The highest BCUT2D eigenvalue weighted by atomic mass is 32.2. The van der Waals surface area contributed by atoms with E-state index in [1.54, 1.807) is 0 Å². The number of hydrogen-bond acceptors (Lipinski definition) is 5. The maximum absolute atomic E-state index is 4.21. The van der Waals surface area contributed by atoms with Gasteiger partial charge in [0.2, 0.25) is 0 Å². The zero-order valence-electron chi connectivity index (χ0n) is 11.3. The molecule has 0 atom stereocenters. The van der Waals surface area contributed by atoms with E-state index in [4.69, 9.17) is 0 Å². The molecule has 1 heterocycles. The lowest BCUT2D eigenvalue weighted by Crippen LogP contribution is -2.00. The first-order chi connectivity index (χ1) is 9.31. The smallest absolute Gasteiger partial charge is 0.134 e. The molecule has 19 heavy (non-hydrogen) atoms. The van der Waals surface area contributed by atoms with E-state index in [-0.39, 0.29) is 0 Å². The zero-order chi connectivity index (χ0) is 13.5. The molecular formula is C14H19N3S2. The first-order valence-electron chi connectivity index (χ1n) is 6.48. The predicted molar refractivity (Wildman–Crippen MR) is 84.9 cm³/mol. The standard InChI is InChI=1S/C14H19N3S2/c1-3-8-15-14-13(16-17-19-14)10-18-9-12-7-5-4-6-11(12)2/h4-7,15H,3,8-10H2,1-2H3. The molecular weight excluding hydrogens is 274 g/mol. The lowest BCUT2D eigenvalue weighted by atomic mass is 10.1. The minimum Gasteiger partial charge on any atom is -0.374 e. The van der Waals surface area contributed by atoms with E-state index in [9.17, 15) is 0 Å². The van der Waals surface area contributed by atoms with Crippen LogP contribution in [0.1, 0.15) is 30.2 Å². The molecule has 5 heteroatoms. The Balaban J connectivity index is 1.86. The molecule has 2 rings (SSSR count). The van der Waals surface area contributed by atoms with Crippen molar-refractivity contribution in [3.8, 4) is 0 Å². The average molecular weight is 293 g/mol. The molecule has 2 aromatic rings. The number of nitrogens with zero attached hydrogens (tertiary/aromatic N) is 2. The van der Waals surface area contributed by atoms with E-state index in [2.05, 4.69) is 53.0 Å². The number of benzene rings is 1. The third-order valence-electron chi connectivity index (χ3n) is 2.85. The van der Waals surface area contributed by atoms with Gasteiger partial charge in [-0.2, -0.15) is 11.8 Å². The van der Waals surface area contributed by atoms with Gasteiger partial charge in [-0.05, 0) is 24.5 Å². The molecule has 102 valence electrons. The number of hydrogen-bond donors (Lipinski definition) is 1. The molecule has 0 aliphatic rings. The normalized spacial score (nSPS) is 10.6. The fourth-order valence-corrected chi connectivity index (χ4v) is 3.44. The second kappa shape index (κ2) is 7.50. The van der Waals surface area contributed by atoms with Gasteiger partial charge >= 0.3 is 0 Å². The molecule has 0 bridgehead atoms. The summed E-state index contributed by atoms with van der Waals surface area (Å²) in [6.45, 7) is 5.31. The van der Waals surface area contributed by atoms with E-state index in [1.807, 2.05) is 11.8 Å². The highest BCUT2D eigenvalue weighted by molar-refractivity contribution is 7.97. The van der Waals surface area contributed by atoms with Crippen LogP contribution in [0, 0.1) is 6.92 Å². The zero-order valence-corrected chi connectivity index (χ0v) is 13.0. The van der Waals surface area contributed by atoms with Crippen molar-refractivity contribution in [3.05, 3.63) is 41.1 Å². The summed E-state index contributed by atoms with van der Waals surface area (Å²) in [6.07, 6.45) is 1.12. The minimum atomic E-state index is 0.914. The number of nitrogens with one attached hydrogen (secondary N) is 1. The van der Waals surface area contributed by atoms with Gasteiger partial charge in [-0.15, -0.1) is 5.10 Å². The highest BCUT2D eigenvalue weighted by Crippen LogP contribution is 2.25. The van der Waals surface area contributed by atoms with Gasteiger partial charge in [0.05, 0.1) is 0 Å². The molecule has 0 radical (unpaired) electrons. The van der Waals surface area contributed by atoms with E-state index < -0.39 is 0 Å². The molecule has 1 N–H and O–H groups in total. The van der Waals surface area contributed by atoms with Gasteiger partial charge in [0.25, 0.3) is 0 Å². The Bertz CT molecular complexity index is 511. The summed E-state index contributed by atoms with van der Waals surface area (Å²) in [4.78, 5) is 0. The van der Waals surface area contributed by atoms with Crippen molar-refractivity contribution in [2.45, 2.75) is 31.8 Å². The van der Waals surface area contributed by atoms with Gasteiger partial charge in [0.15, 0.2) is 0 Å². The number of aromatic nitrogens is 2. The van der Waals surface area contributed by atoms with Crippen LogP contribution in [0.5, 0.6) is 0 Å². The topological polar surface area (TPSA) is 37.8 Å². The van der Waals surface area contributed by atoms with Crippen molar-refractivity contribution < 1.29 is 0 Å². The molecule has 1 aromatic heterocycles. The Morgan fingerprint density at radius 1 is 1.26 bits per heavy atom. The fraction of sp³-hybridized carbons (Fsp3) is 0.429. The molecule has 0 unspecified atom stereocenters. The lowest BCUT2D eigenvalue weighted by molar-refractivity contribution is 0.976. The summed E-state index contributed by atoms with van der Waals surface area (Å²) in [6, 6.07) is 8.54. The SMILES string of the molecule is CCCNc1snnc1CSCc1ccccc1C. The molecule has 3 nitrogen and oxygen atoms in total. The van der Waals surface area contributed by atoms with Crippen LogP contribution in [-0.2, 0) is 11.5 Å². The quantitative estimate of drug-likeness (QED) is 0.834. The van der Waals surface area contributed by atoms with Crippen LogP contribution < -0.4 is 5.32 Å². The summed E-state index contributed by atoms with van der Waals surface area (Å²) in [7, 11) is 0. The third-order valence-corrected chi connectivity index (χ3v) is 4.57. The van der Waals surface area contributed by atoms with Gasteiger partial charge in [-0.3, -0.25) is 0 Å². The van der Waals surface area contributed by atoms with Crippen molar-refractivity contribution in [3.63, 3.8) is 0 Å². The van der Waals surface area contributed by atoms with Crippen LogP contribution in [0.15, 0.2) is 24.3 Å². The number of rotatable bonds is 7. The third kappa shape index (κ3) is 4.21. The molecule has 0 saturated heterocycles. The van der Waals surface area contributed by atoms with Crippen molar-refractivity contribution in [1.82, 2.24) is 9.59 Å². The second-order valence-electron chi connectivity index (χ2n) is 4.39. The van der Waals surface area contributed by atoms with Crippen LogP contribution in [-0.4, -0.2) is 16.1 Å². The Morgan fingerprint density at radius 3 is 2.89 bits per heavy atom. The van der Waals surface area contributed by atoms with Gasteiger partial charge in [-0.25, -0.2) is 0 Å². The largest absolute Gasteiger partial charge is 0.374 e. The fourth-order valence-electron chi connectivity index (χ4n) is 1.71. The van der Waals surface area contributed by atoms with Crippen LogP contribution >= 0.6 is 23.3 Å². The van der Waals surface area contributed by atoms with E-state index in [0.29, 0.717) is 0 Å². The van der Waals surface area contributed by atoms with Crippen molar-refractivity contribution >= 4 is 28.3 Å². The summed E-state index contributed by atoms with van der Waals surface area (Å²) >= 11 is 3.34. The summed E-state index contributed by atoms with van der Waals surface area (Å²) in [5, 5.41) is 8.72. The molecule has 0 saturated carbocycles. The van der Waals surface area contributed by atoms with Crippen LogP contribution in [0.3, 0.4) is 0 Å². The Hall–Kier alpha value is -1.07.